The first-order valence-corrected chi connectivity index (χ1v) is 7.82. The third-order valence-electron chi connectivity index (χ3n) is 3.72. The quantitative estimate of drug-likeness (QED) is 0.631. The summed E-state index contributed by atoms with van der Waals surface area (Å²) in [5.74, 6) is 0.582. The van der Waals surface area contributed by atoms with Gasteiger partial charge in [0.2, 0.25) is 10.0 Å². The van der Waals surface area contributed by atoms with E-state index in [-0.39, 0.29) is 17.3 Å². The molecule has 1 aliphatic rings. The lowest BCUT2D eigenvalue weighted by molar-refractivity contribution is -0.00182. The minimum Gasteiger partial charge on any atom is -0.389 e. The second-order valence-corrected chi connectivity index (χ2v) is 7.11. The Morgan fingerprint density at radius 2 is 2.21 bits per heavy atom. The van der Waals surface area contributed by atoms with Gasteiger partial charge in [0.15, 0.2) is 0 Å². The Balaban J connectivity index is 2.01. The van der Waals surface area contributed by atoms with Gasteiger partial charge < -0.3 is 10.8 Å². The zero-order chi connectivity index (χ0) is 14.1. The van der Waals surface area contributed by atoms with Crippen LogP contribution in [0.2, 0.25) is 0 Å². The number of nitrogens with two attached hydrogens (primary N) is 1. The minimum absolute atomic E-state index is 0.00300. The highest BCUT2D eigenvalue weighted by Crippen LogP contribution is 2.31. The molecule has 1 aromatic heterocycles. The van der Waals surface area contributed by atoms with Crippen molar-refractivity contribution in [3.05, 3.63) is 6.20 Å². The lowest BCUT2D eigenvalue weighted by atomic mass is 9.80. The van der Waals surface area contributed by atoms with Crippen molar-refractivity contribution in [2.45, 2.75) is 43.1 Å². The minimum atomic E-state index is -3.73. The zero-order valence-corrected chi connectivity index (χ0v) is 11.7. The summed E-state index contributed by atoms with van der Waals surface area (Å²) in [7, 11) is -3.73. The molecule has 1 heterocycles. The predicted molar refractivity (Wildman–Crippen MR) is 70.8 cm³/mol. The van der Waals surface area contributed by atoms with Crippen LogP contribution in [0.15, 0.2) is 11.1 Å². The van der Waals surface area contributed by atoms with Crippen LogP contribution in [0.1, 0.15) is 32.6 Å². The molecule has 0 saturated heterocycles. The number of nitrogens with zero attached hydrogens (tertiary/aromatic N) is 1. The van der Waals surface area contributed by atoms with E-state index in [9.17, 15) is 13.5 Å². The van der Waals surface area contributed by atoms with Crippen molar-refractivity contribution in [1.82, 2.24) is 14.9 Å². The van der Waals surface area contributed by atoms with Gasteiger partial charge in [-0.1, -0.05) is 6.92 Å². The number of anilines is 1. The molecule has 19 heavy (non-hydrogen) atoms. The highest BCUT2D eigenvalue weighted by atomic mass is 32.2. The highest BCUT2D eigenvalue weighted by molar-refractivity contribution is 7.89. The van der Waals surface area contributed by atoms with Crippen molar-refractivity contribution in [3.8, 4) is 0 Å². The number of nitrogens with one attached hydrogen (secondary N) is 2. The second-order valence-electron chi connectivity index (χ2n) is 5.38. The molecular formula is C11H20N4O3S. The number of aromatic amines is 1. The van der Waals surface area contributed by atoms with Gasteiger partial charge in [-0.05, 0) is 31.6 Å². The molecule has 1 aromatic rings. The Kier molecular flexibility index (Phi) is 3.84. The van der Waals surface area contributed by atoms with Gasteiger partial charge in [-0.3, -0.25) is 5.10 Å². The molecule has 1 aliphatic carbocycles. The molecule has 1 saturated carbocycles. The van der Waals surface area contributed by atoms with E-state index in [1.165, 1.54) is 0 Å². The Hall–Kier alpha value is -1.12. The van der Waals surface area contributed by atoms with Crippen LogP contribution in [0.5, 0.6) is 0 Å². The SMILES string of the molecule is CC1CCC(O)(CNS(=O)(=O)c2cn[nH]c2N)CC1. The van der Waals surface area contributed by atoms with Crippen molar-refractivity contribution in [3.63, 3.8) is 0 Å². The number of nitrogen functional groups attached to an aromatic ring is 1. The summed E-state index contributed by atoms with van der Waals surface area (Å²) in [4.78, 5) is -0.0831. The molecule has 0 radical (unpaired) electrons. The number of H-pyrrole nitrogens is 1. The van der Waals surface area contributed by atoms with Gasteiger partial charge in [-0.25, -0.2) is 13.1 Å². The lowest BCUT2D eigenvalue weighted by Crippen LogP contribution is -2.45. The topological polar surface area (TPSA) is 121 Å². The van der Waals surface area contributed by atoms with Crippen LogP contribution in [0.4, 0.5) is 5.82 Å². The molecule has 5 N–H and O–H groups in total. The first-order chi connectivity index (χ1) is 8.82. The van der Waals surface area contributed by atoms with Gasteiger partial charge >= 0.3 is 0 Å². The van der Waals surface area contributed by atoms with Gasteiger partial charge in [-0.15, -0.1) is 0 Å². The van der Waals surface area contributed by atoms with Gasteiger partial charge in [0.25, 0.3) is 0 Å². The summed E-state index contributed by atoms with van der Waals surface area (Å²) in [5.41, 5.74) is 4.53. The van der Waals surface area contributed by atoms with Crippen molar-refractivity contribution < 1.29 is 13.5 Å². The van der Waals surface area contributed by atoms with E-state index in [1.54, 1.807) is 0 Å². The third-order valence-corrected chi connectivity index (χ3v) is 5.15. The average Bonchev–Trinajstić information content (AvgIpc) is 2.79. The molecule has 0 unspecified atom stereocenters. The Bertz CT molecular complexity index is 532. The predicted octanol–water partition coefficient (Wildman–Crippen LogP) is 0.211. The van der Waals surface area contributed by atoms with Crippen molar-refractivity contribution in [2.24, 2.45) is 5.92 Å². The van der Waals surface area contributed by atoms with E-state index < -0.39 is 15.6 Å². The number of rotatable bonds is 4. The summed E-state index contributed by atoms with van der Waals surface area (Å²) in [6.45, 7) is 2.14. The molecule has 8 heteroatoms. The summed E-state index contributed by atoms with van der Waals surface area (Å²) >= 11 is 0. The molecule has 0 atom stereocenters. The molecule has 7 nitrogen and oxygen atoms in total. The average molecular weight is 288 g/mol. The van der Waals surface area contributed by atoms with Crippen molar-refractivity contribution in [1.29, 1.82) is 0 Å². The molecule has 1 fully saturated rings. The fourth-order valence-corrected chi connectivity index (χ4v) is 3.42. The number of aliphatic hydroxyl groups is 1. The summed E-state index contributed by atoms with van der Waals surface area (Å²) in [6.07, 6.45) is 4.19. The van der Waals surface area contributed by atoms with Crippen LogP contribution in [0, 0.1) is 5.92 Å². The number of hydrogen-bond donors (Lipinski definition) is 4. The standard InChI is InChI=1S/C11H20N4O3S/c1-8-2-4-11(16,5-3-8)7-14-19(17,18)9-6-13-15-10(9)12/h6,8,14,16H,2-5,7H2,1H3,(H3,12,13,15). The van der Waals surface area contributed by atoms with E-state index in [0.717, 1.165) is 19.0 Å². The van der Waals surface area contributed by atoms with Crippen molar-refractivity contribution in [2.75, 3.05) is 12.3 Å². The monoisotopic (exact) mass is 288 g/mol. The number of hydrogen-bond acceptors (Lipinski definition) is 5. The normalized spacial score (nSPS) is 28.4. The number of aromatic nitrogens is 2. The summed E-state index contributed by atoms with van der Waals surface area (Å²) in [5, 5.41) is 16.3. The van der Waals surface area contributed by atoms with E-state index in [0.29, 0.717) is 18.8 Å². The Labute approximate surface area is 112 Å². The highest BCUT2D eigenvalue weighted by Gasteiger charge is 2.33. The van der Waals surface area contributed by atoms with E-state index in [2.05, 4.69) is 21.8 Å². The maximum absolute atomic E-state index is 12.0. The van der Waals surface area contributed by atoms with Crippen LogP contribution < -0.4 is 10.5 Å². The fourth-order valence-electron chi connectivity index (χ4n) is 2.28. The first kappa shape index (κ1) is 14.3. The molecule has 0 amide bonds. The molecule has 0 bridgehead atoms. The zero-order valence-electron chi connectivity index (χ0n) is 10.9. The van der Waals surface area contributed by atoms with E-state index in [4.69, 9.17) is 5.73 Å². The van der Waals surface area contributed by atoms with Gasteiger partial charge in [0, 0.05) is 6.54 Å². The van der Waals surface area contributed by atoms with Crippen LogP contribution in [-0.4, -0.2) is 35.9 Å². The fraction of sp³-hybridized carbons (Fsp3) is 0.727. The van der Waals surface area contributed by atoms with Crippen LogP contribution >= 0.6 is 0 Å². The molecular weight excluding hydrogens is 268 g/mol. The summed E-state index contributed by atoms with van der Waals surface area (Å²) < 4.78 is 26.4. The van der Waals surface area contributed by atoms with Crippen LogP contribution in [0.25, 0.3) is 0 Å². The molecule has 0 spiro atoms. The van der Waals surface area contributed by atoms with E-state index >= 15 is 0 Å². The molecule has 0 aromatic carbocycles. The third kappa shape index (κ3) is 3.26. The first-order valence-electron chi connectivity index (χ1n) is 6.33. The largest absolute Gasteiger partial charge is 0.389 e. The number of sulfonamides is 1. The van der Waals surface area contributed by atoms with Gasteiger partial charge in [0.1, 0.15) is 10.7 Å². The molecule has 108 valence electrons. The van der Waals surface area contributed by atoms with Crippen LogP contribution in [-0.2, 0) is 10.0 Å². The maximum Gasteiger partial charge on any atom is 0.245 e. The van der Waals surface area contributed by atoms with Gasteiger partial charge in [0.05, 0.1) is 11.8 Å². The van der Waals surface area contributed by atoms with Crippen LogP contribution in [0.3, 0.4) is 0 Å². The van der Waals surface area contributed by atoms with E-state index in [1.807, 2.05) is 0 Å². The Morgan fingerprint density at radius 1 is 1.58 bits per heavy atom. The maximum atomic E-state index is 12.0. The smallest absolute Gasteiger partial charge is 0.245 e. The van der Waals surface area contributed by atoms with Crippen molar-refractivity contribution >= 4 is 15.8 Å². The molecule has 0 aliphatic heterocycles. The summed E-state index contributed by atoms with van der Waals surface area (Å²) in [6, 6.07) is 0. The molecule has 2 rings (SSSR count). The Morgan fingerprint density at radius 3 is 2.74 bits per heavy atom. The lowest BCUT2D eigenvalue weighted by Gasteiger charge is -2.34. The second kappa shape index (κ2) is 5.10. The van der Waals surface area contributed by atoms with Gasteiger partial charge in [-0.2, -0.15) is 5.10 Å².